The number of benzene rings is 1. The van der Waals surface area contributed by atoms with Crippen LogP contribution >= 0.6 is 34.8 Å². The average molecular weight is 327 g/mol. The summed E-state index contributed by atoms with van der Waals surface area (Å²) in [6.45, 7) is 0. The van der Waals surface area contributed by atoms with Gasteiger partial charge in [-0.05, 0) is 30.3 Å². The van der Waals surface area contributed by atoms with Gasteiger partial charge in [-0.2, -0.15) is 4.98 Å². The van der Waals surface area contributed by atoms with Gasteiger partial charge < -0.3 is 4.52 Å². The number of rotatable bonds is 2. The van der Waals surface area contributed by atoms with Gasteiger partial charge in [-0.25, -0.2) is 4.98 Å². The summed E-state index contributed by atoms with van der Waals surface area (Å²) >= 11 is 17.6. The van der Waals surface area contributed by atoms with Gasteiger partial charge in [0.2, 0.25) is 5.82 Å². The summed E-state index contributed by atoms with van der Waals surface area (Å²) in [5.74, 6) is 0.781. The minimum absolute atomic E-state index is 0.357. The Morgan fingerprint density at radius 3 is 2.40 bits per heavy atom. The maximum atomic E-state index is 5.96. The number of pyridine rings is 1. The molecule has 0 radical (unpaired) electrons. The lowest BCUT2D eigenvalue weighted by Gasteiger charge is -1.97. The Balaban J connectivity index is 1.97. The molecular weight excluding hydrogens is 321 g/mol. The Bertz CT molecular complexity index is 756. The third-order valence-corrected chi connectivity index (χ3v) is 3.54. The second-order valence-electron chi connectivity index (χ2n) is 3.92. The van der Waals surface area contributed by atoms with Crippen molar-refractivity contribution in [2.45, 2.75) is 0 Å². The fourth-order valence-electron chi connectivity index (χ4n) is 1.60. The largest absolute Gasteiger partial charge is 0.334 e. The summed E-state index contributed by atoms with van der Waals surface area (Å²) in [5, 5.41) is 5.22. The molecule has 0 aliphatic heterocycles. The Hall–Kier alpha value is -1.62. The quantitative estimate of drug-likeness (QED) is 0.637. The molecule has 7 heteroatoms. The van der Waals surface area contributed by atoms with Crippen molar-refractivity contribution in [1.82, 2.24) is 15.1 Å². The van der Waals surface area contributed by atoms with Crippen LogP contribution in [0.25, 0.3) is 22.8 Å². The Morgan fingerprint density at radius 2 is 1.70 bits per heavy atom. The fourth-order valence-corrected chi connectivity index (χ4v) is 2.01. The average Bonchev–Trinajstić information content (AvgIpc) is 2.92. The van der Waals surface area contributed by atoms with Crippen LogP contribution in [0.2, 0.25) is 15.2 Å². The third kappa shape index (κ3) is 2.63. The van der Waals surface area contributed by atoms with E-state index < -0.39 is 0 Å². The van der Waals surface area contributed by atoms with Crippen LogP contribution in [0.3, 0.4) is 0 Å². The van der Waals surface area contributed by atoms with Crippen LogP contribution in [0.5, 0.6) is 0 Å². The van der Waals surface area contributed by atoms with Crippen molar-refractivity contribution in [3.63, 3.8) is 0 Å². The van der Waals surface area contributed by atoms with Gasteiger partial charge in [-0.1, -0.05) is 40.0 Å². The maximum absolute atomic E-state index is 5.96. The van der Waals surface area contributed by atoms with Gasteiger partial charge in [0.1, 0.15) is 5.15 Å². The van der Waals surface area contributed by atoms with E-state index in [0.29, 0.717) is 32.5 Å². The van der Waals surface area contributed by atoms with E-state index in [1.54, 1.807) is 36.5 Å². The van der Waals surface area contributed by atoms with Crippen molar-refractivity contribution in [1.29, 1.82) is 0 Å². The molecule has 100 valence electrons. The summed E-state index contributed by atoms with van der Waals surface area (Å²) in [4.78, 5) is 8.25. The lowest BCUT2D eigenvalue weighted by molar-refractivity contribution is 0.432. The second-order valence-corrected chi connectivity index (χ2v) is 5.12. The number of hydrogen-bond acceptors (Lipinski definition) is 4. The number of aromatic nitrogens is 3. The van der Waals surface area contributed by atoms with E-state index in [2.05, 4.69) is 15.1 Å². The van der Waals surface area contributed by atoms with Crippen LogP contribution in [0.15, 0.2) is 41.1 Å². The molecule has 0 unspecified atom stereocenters. The molecule has 0 saturated heterocycles. The topological polar surface area (TPSA) is 51.8 Å². The molecule has 0 aliphatic rings. The first-order valence-electron chi connectivity index (χ1n) is 5.54. The molecule has 0 N–H and O–H groups in total. The van der Waals surface area contributed by atoms with Crippen molar-refractivity contribution in [3.05, 3.63) is 51.7 Å². The fraction of sp³-hybridized carbons (Fsp3) is 0. The van der Waals surface area contributed by atoms with E-state index in [1.807, 2.05) is 0 Å². The molecular formula is C13H6Cl3N3O. The Labute approximate surface area is 129 Å². The summed E-state index contributed by atoms with van der Waals surface area (Å²) in [6, 6.07) is 8.53. The highest BCUT2D eigenvalue weighted by Crippen LogP contribution is 2.28. The van der Waals surface area contributed by atoms with Gasteiger partial charge in [0.15, 0.2) is 0 Å². The van der Waals surface area contributed by atoms with Crippen LogP contribution in [-0.2, 0) is 0 Å². The monoisotopic (exact) mass is 325 g/mol. The van der Waals surface area contributed by atoms with E-state index in [-0.39, 0.29) is 0 Å². The van der Waals surface area contributed by atoms with Gasteiger partial charge in [0.05, 0.1) is 15.6 Å². The van der Waals surface area contributed by atoms with Crippen molar-refractivity contribution >= 4 is 34.8 Å². The number of hydrogen-bond donors (Lipinski definition) is 0. The SMILES string of the molecule is Clc1ccc(-c2nc(-c3ccc(Cl)c(Cl)c3)no2)cn1. The highest BCUT2D eigenvalue weighted by Gasteiger charge is 2.12. The highest BCUT2D eigenvalue weighted by atomic mass is 35.5. The Kier molecular flexibility index (Phi) is 3.61. The molecule has 0 fully saturated rings. The van der Waals surface area contributed by atoms with Crippen molar-refractivity contribution in [3.8, 4) is 22.8 Å². The molecule has 3 aromatic rings. The van der Waals surface area contributed by atoms with E-state index in [1.165, 1.54) is 0 Å². The van der Waals surface area contributed by atoms with Crippen molar-refractivity contribution in [2.75, 3.05) is 0 Å². The van der Waals surface area contributed by atoms with Crippen LogP contribution in [0.4, 0.5) is 0 Å². The molecule has 0 amide bonds. The normalized spacial score (nSPS) is 10.8. The molecule has 2 aromatic heterocycles. The molecule has 1 aromatic carbocycles. The summed E-state index contributed by atoms with van der Waals surface area (Å²) < 4.78 is 5.19. The van der Waals surface area contributed by atoms with Crippen molar-refractivity contribution in [2.24, 2.45) is 0 Å². The predicted molar refractivity (Wildman–Crippen MR) is 78.0 cm³/mol. The van der Waals surface area contributed by atoms with Gasteiger partial charge in [0.25, 0.3) is 5.89 Å². The predicted octanol–water partition coefficient (Wildman–Crippen LogP) is 4.76. The first kappa shape index (κ1) is 13.4. The van der Waals surface area contributed by atoms with Crippen LogP contribution in [-0.4, -0.2) is 15.1 Å². The van der Waals surface area contributed by atoms with Crippen LogP contribution in [0.1, 0.15) is 0 Å². The van der Waals surface area contributed by atoms with Gasteiger partial charge >= 0.3 is 0 Å². The van der Waals surface area contributed by atoms with Gasteiger partial charge in [-0.3, -0.25) is 0 Å². The Morgan fingerprint density at radius 1 is 0.900 bits per heavy atom. The first-order chi connectivity index (χ1) is 9.63. The zero-order chi connectivity index (χ0) is 14.1. The molecule has 0 atom stereocenters. The molecule has 0 saturated carbocycles. The van der Waals surface area contributed by atoms with E-state index in [4.69, 9.17) is 39.3 Å². The van der Waals surface area contributed by atoms with E-state index in [0.717, 1.165) is 5.56 Å². The zero-order valence-electron chi connectivity index (χ0n) is 9.85. The molecule has 20 heavy (non-hydrogen) atoms. The first-order valence-corrected chi connectivity index (χ1v) is 6.68. The van der Waals surface area contributed by atoms with E-state index >= 15 is 0 Å². The van der Waals surface area contributed by atoms with Crippen LogP contribution in [0, 0.1) is 0 Å². The van der Waals surface area contributed by atoms with E-state index in [9.17, 15) is 0 Å². The molecule has 0 bridgehead atoms. The molecule has 0 spiro atoms. The minimum Gasteiger partial charge on any atom is -0.334 e. The molecule has 3 rings (SSSR count). The molecule has 2 heterocycles. The van der Waals surface area contributed by atoms with Gasteiger partial charge in [-0.15, -0.1) is 0 Å². The minimum atomic E-state index is 0.357. The highest BCUT2D eigenvalue weighted by molar-refractivity contribution is 6.42. The zero-order valence-corrected chi connectivity index (χ0v) is 12.1. The van der Waals surface area contributed by atoms with Crippen LogP contribution < -0.4 is 0 Å². The van der Waals surface area contributed by atoms with Gasteiger partial charge in [0, 0.05) is 11.8 Å². The maximum Gasteiger partial charge on any atom is 0.259 e. The smallest absolute Gasteiger partial charge is 0.259 e. The second kappa shape index (κ2) is 5.40. The number of nitrogens with zero attached hydrogens (tertiary/aromatic N) is 3. The molecule has 4 nitrogen and oxygen atoms in total. The summed E-state index contributed by atoms with van der Waals surface area (Å²) in [5.41, 5.74) is 1.41. The summed E-state index contributed by atoms with van der Waals surface area (Å²) in [7, 11) is 0. The lowest BCUT2D eigenvalue weighted by atomic mass is 10.2. The lowest BCUT2D eigenvalue weighted by Crippen LogP contribution is -1.83. The number of halogens is 3. The molecule has 0 aliphatic carbocycles. The standard InChI is InChI=1S/C13H6Cl3N3O/c14-9-3-1-7(5-10(9)15)12-18-13(20-19-12)8-2-4-11(16)17-6-8/h1-6H. The van der Waals surface area contributed by atoms with Crippen molar-refractivity contribution < 1.29 is 4.52 Å². The third-order valence-electron chi connectivity index (χ3n) is 2.58. The summed E-state index contributed by atoms with van der Waals surface area (Å²) in [6.07, 6.45) is 1.56.